The first-order valence-corrected chi connectivity index (χ1v) is 10.2. The lowest BCUT2D eigenvalue weighted by Gasteiger charge is -2.19. The summed E-state index contributed by atoms with van der Waals surface area (Å²) in [7, 11) is 0. The number of nitrogens with zero attached hydrogens (tertiary/aromatic N) is 2. The normalized spacial score (nSPS) is 12.2. The summed E-state index contributed by atoms with van der Waals surface area (Å²) in [5, 5.41) is 1.36. The van der Waals surface area contributed by atoms with Gasteiger partial charge in [-0.3, -0.25) is 0 Å². The molecule has 1 aromatic heterocycles. The van der Waals surface area contributed by atoms with Crippen molar-refractivity contribution >= 4 is 28.9 Å². The van der Waals surface area contributed by atoms with Gasteiger partial charge in [-0.1, -0.05) is 41.4 Å². The lowest BCUT2D eigenvalue weighted by Crippen LogP contribution is -2.21. The second-order valence-corrected chi connectivity index (χ2v) is 7.72. The number of aryl methyl sites for hydroxylation is 2. The summed E-state index contributed by atoms with van der Waals surface area (Å²) < 4.78 is 8.25. The zero-order valence-corrected chi connectivity index (χ0v) is 17.2. The van der Waals surface area contributed by atoms with Crippen molar-refractivity contribution in [2.75, 3.05) is 12.3 Å². The number of rotatable bonds is 10. The van der Waals surface area contributed by atoms with E-state index in [4.69, 9.17) is 33.7 Å². The highest BCUT2D eigenvalue weighted by atomic mass is 35.5. The molecule has 0 saturated carbocycles. The number of hydrogen-bond acceptors (Lipinski definition) is 3. The van der Waals surface area contributed by atoms with Crippen LogP contribution in [0.1, 0.15) is 24.0 Å². The van der Waals surface area contributed by atoms with Gasteiger partial charge in [-0.25, -0.2) is 4.98 Å². The molecule has 0 aliphatic carbocycles. The zero-order valence-electron chi connectivity index (χ0n) is 15.7. The molecule has 0 fully saturated rings. The number of anilines is 1. The lowest BCUT2D eigenvalue weighted by molar-refractivity contribution is 0.0347. The minimum Gasteiger partial charge on any atom is -0.399 e. The molecule has 0 radical (unpaired) electrons. The predicted molar refractivity (Wildman–Crippen MR) is 116 cm³/mol. The highest BCUT2D eigenvalue weighted by Crippen LogP contribution is 2.23. The zero-order chi connectivity index (χ0) is 19.8. The molecule has 3 aromatic rings. The Balaban J connectivity index is 1.51. The average Bonchev–Trinajstić information content (AvgIpc) is 3.18. The van der Waals surface area contributed by atoms with Crippen LogP contribution in [0.3, 0.4) is 0 Å². The van der Waals surface area contributed by atoms with Crippen molar-refractivity contribution in [3.05, 3.63) is 82.4 Å². The van der Waals surface area contributed by atoms with Crippen molar-refractivity contribution < 1.29 is 4.74 Å². The molecule has 4 nitrogen and oxygen atoms in total. The Morgan fingerprint density at radius 3 is 2.61 bits per heavy atom. The molecule has 28 heavy (non-hydrogen) atoms. The third kappa shape index (κ3) is 6.55. The van der Waals surface area contributed by atoms with Gasteiger partial charge in [0.05, 0.1) is 12.4 Å². The number of aromatic nitrogens is 2. The molecule has 2 N–H and O–H groups in total. The minimum absolute atomic E-state index is 0.0902. The van der Waals surface area contributed by atoms with E-state index in [0.29, 0.717) is 16.7 Å². The topological polar surface area (TPSA) is 53.1 Å². The van der Waals surface area contributed by atoms with Crippen LogP contribution in [-0.2, 0) is 24.1 Å². The molecule has 0 aliphatic heterocycles. The quantitative estimate of drug-likeness (QED) is 0.353. The molecule has 148 valence electrons. The maximum Gasteiger partial charge on any atom is 0.0946 e. The summed E-state index contributed by atoms with van der Waals surface area (Å²) in [6.45, 7) is 1.48. The van der Waals surface area contributed by atoms with Gasteiger partial charge in [-0.15, -0.1) is 0 Å². The molecule has 2 aromatic carbocycles. The van der Waals surface area contributed by atoms with Crippen LogP contribution in [0, 0.1) is 0 Å². The van der Waals surface area contributed by atoms with Crippen molar-refractivity contribution in [1.29, 1.82) is 0 Å². The van der Waals surface area contributed by atoms with Crippen LogP contribution < -0.4 is 5.73 Å². The van der Waals surface area contributed by atoms with Crippen LogP contribution in [0.25, 0.3) is 0 Å². The predicted octanol–water partition coefficient (Wildman–Crippen LogP) is 5.42. The van der Waals surface area contributed by atoms with Gasteiger partial charge >= 0.3 is 0 Å². The van der Waals surface area contributed by atoms with Crippen molar-refractivity contribution in [2.45, 2.75) is 38.3 Å². The SMILES string of the molecule is Nc1ccc(CCCOC(CCc2ccc(Cl)cc2Cl)Cn2ccnc2)cc1. The smallest absolute Gasteiger partial charge is 0.0946 e. The number of nitrogen functional groups attached to an aromatic ring is 1. The standard InChI is InChI=1S/C22H25Cl2N3O/c23-19-7-5-18(22(24)14-19)6-10-21(15-27-12-11-26-16-27)28-13-1-2-17-3-8-20(25)9-4-17/h3-5,7-9,11-12,14,16,21H,1-2,6,10,13,15,25H2. The Bertz CT molecular complexity index is 851. The van der Waals surface area contributed by atoms with E-state index in [1.54, 1.807) is 12.3 Å². The Hall–Kier alpha value is -2.01. The summed E-state index contributed by atoms with van der Waals surface area (Å²) in [5.41, 5.74) is 8.89. The van der Waals surface area contributed by atoms with E-state index in [9.17, 15) is 0 Å². The molecule has 0 aliphatic rings. The first-order chi connectivity index (χ1) is 13.6. The molecule has 1 atom stereocenters. The van der Waals surface area contributed by atoms with Crippen LogP contribution in [0.15, 0.2) is 61.2 Å². The average molecular weight is 418 g/mol. The molecule has 0 bridgehead atoms. The fourth-order valence-corrected chi connectivity index (χ4v) is 3.61. The molecule has 3 rings (SSSR count). The Morgan fingerprint density at radius 1 is 1.07 bits per heavy atom. The molecular weight excluding hydrogens is 393 g/mol. The first-order valence-electron chi connectivity index (χ1n) is 9.46. The third-order valence-electron chi connectivity index (χ3n) is 4.67. The van der Waals surface area contributed by atoms with Gasteiger partial charge in [0.1, 0.15) is 0 Å². The molecule has 0 amide bonds. The van der Waals surface area contributed by atoms with Crippen molar-refractivity contribution in [1.82, 2.24) is 9.55 Å². The monoisotopic (exact) mass is 417 g/mol. The Morgan fingerprint density at radius 2 is 1.89 bits per heavy atom. The molecule has 6 heteroatoms. The van der Waals surface area contributed by atoms with Crippen LogP contribution in [0.2, 0.25) is 10.0 Å². The third-order valence-corrected chi connectivity index (χ3v) is 5.25. The molecule has 1 unspecified atom stereocenters. The van der Waals surface area contributed by atoms with Crippen LogP contribution in [-0.4, -0.2) is 22.3 Å². The molecular formula is C22H25Cl2N3O. The Kier molecular flexibility index (Phi) is 7.78. The maximum absolute atomic E-state index is 6.31. The van der Waals surface area contributed by atoms with Crippen molar-refractivity contribution in [3.8, 4) is 0 Å². The van der Waals surface area contributed by atoms with Gasteiger partial charge in [0, 0.05) is 41.3 Å². The van der Waals surface area contributed by atoms with Gasteiger partial charge in [-0.2, -0.15) is 0 Å². The van der Waals surface area contributed by atoms with Gasteiger partial charge in [-0.05, 0) is 61.1 Å². The molecule has 1 heterocycles. The van der Waals surface area contributed by atoms with Gasteiger partial charge in [0.25, 0.3) is 0 Å². The highest BCUT2D eigenvalue weighted by Gasteiger charge is 2.12. The molecule has 0 saturated heterocycles. The number of nitrogens with two attached hydrogens (primary N) is 1. The first kappa shape index (κ1) is 20.7. The fourth-order valence-electron chi connectivity index (χ4n) is 3.11. The van der Waals surface area contributed by atoms with Crippen molar-refractivity contribution in [2.24, 2.45) is 0 Å². The largest absolute Gasteiger partial charge is 0.399 e. The second kappa shape index (κ2) is 10.5. The van der Waals surface area contributed by atoms with E-state index in [1.165, 1.54) is 5.56 Å². The van der Waals surface area contributed by atoms with Crippen LogP contribution >= 0.6 is 23.2 Å². The highest BCUT2D eigenvalue weighted by molar-refractivity contribution is 6.35. The van der Waals surface area contributed by atoms with Gasteiger partial charge in [0.15, 0.2) is 0 Å². The van der Waals surface area contributed by atoms with Crippen molar-refractivity contribution in [3.63, 3.8) is 0 Å². The van der Waals surface area contributed by atoms with Gasteiger partial charge in [0.2, 0.25) is 0 Å². The summed E-state index contributed by atoms with van der Waals surface area (Å²) in [4.78, 5) is 4.12. The number of halogens is 2. The second-order valence-electron chi connectivity index (χ2n) is 6.87. The maximum atomic E-state index is 6.31. The number of benzene rings is 2. The van der Waals surface area contributed by atoms with Crippen LogP contribution in [0.5, 0.6) is 0 Å². The van der Waals surface area contributed by atoms with Gasteiger partial charge < -0.3 is 15.0 Å². The van der Waals surface area contributed by atoms with E-state index >= 15 is 0 Å². The van der Waals surface area contributed by atoms with E-state index in [0.717, 1.165) is 43.5 Å². The van der Waals surface area contributed by atoms with Crippen LogP contribution in [0.4, 0.5) is 5.69 Å². The van der Waals surface area contributed by atoms with E-state index < -0.39 is 0 Å². The fraction of sp³-hybridized carbons (Fsp3) is 0.318. The molecule has 0 spiro atoms. The summed E-state index contributed by atoms with van der Waals surface area (Å²) in [5.74, 6) is 0. The van der Waals surface area contributed by atoms with E-state index in [-0.39, 0.29) is 6.10 Å². The minimum atomic E-state index is 0.0902. The number of imidazole rings is 1. The summed E-state index contributed by atoms with van der Waals surface area (Å²) in [6.07, 6.45) is 9.31. The Labute approximate surface area is 176 Å². The number of hydrogen-bond donors (Lipinski definition) is 1. The van der Waals surface area contributed by atoms with E-state index in [2.05, 4.69) is 17.1 Å². The lowest BCUT2D eigenvalue weighted by atomic mass is 10.1. The van der Waals surface area contributed by atoms with E-state index in [1.807, 2.05) is 41.4 Å². The number of ether oxygens (including phenoxy) is 1. The summed E-state index contributed by atoms with van der Waals surface area (Å²) in [6, 6.07) is 13.7. The summed E-state index contributed by atoms with van der Waals surface area (Å²) >= 11 is 12.3.